The number of aliphatic hydroxyl groups is 3. The quantitative estimate of drug-likeness (QED) is 0.0417. The smallest absolute Gasteiger partial charge is 0.305 e. The first-order valence-corrected chi connectivity index (χ1v) is 20.1. The number of ether oxygens (including phenoxy) is 1. The summed E-state index contributed by atoms with van der Waals surface area (Å²) in [6.07, 6.45) is 22.1. The summed E-state index contributed by atoms with van der Waals surface area (Å²) in [4.78, 5) is 11.8. The lowest BCUT2D eigenvalue weighted by Crippen LogP contribution is -2.16. The van der Waals surface area contributed by atoms with Crippen LogP contribution in [0.25, 0.3) is 0 Å². The van der Waals surface area contributed by atoms with Crippen molar-refractivity contribution in [1.29, 1.82) is 0 Å². The fraction of sp³-hybridized carbons (Fsp3) is 0.828. The largest absolute Gasteiger partial charge is 0.465 e. The fourth-order valence-electron chi connectivity index (χ4n) is 4.25. The van der Waals surface area contributed by atoms with E-state index in [4.69, 9.17) is 52.3 Å². The fourth-order valence-corrected chi connectivity index (χ4v) is 7.83. The van der Waals surface area contributed by atoms with Crippen LogP contribution in [0.4, 0.5) is 0 Å². The van der Waals surface area contributed by atoms with Gasteiger partial charge in [0.1, 0.15) is 12.7 Å². The second-order valence-corrected chi connectivity index (χ2v) is 16.4. The Balaban J connectivity index is 0.00000106. The molecule has 0 aromatic carbocycles. The maximum absolute atomic E-state index is 11.8. The summed E-state index contributed by atoms with van der Waals surface area (Å²) >= 11 is 9.53. The van der Waals surface area contributed by atoms with E-state index in [-0.39, 0.29) is 36.4 Å². The highest BCUT2D eigenvalue weighted by molar-refractivity contribution is 7.59. The Kier molecular flexibility index (Phi) is 27.0. The van der Waals surface area contributed by atoms with Crippen molar-refractivity contribution in [1.82, 2.24) is 0 Å². The minimum absolute atomic E-state index is 0.00993. The number of aliphatic hydroxyl groups excluding tert-OH is 3. The number of alkyl halides is 2. The van der Waals surface area contributed by atoms with E-state index in [9.17, 15) is 13.9 Å². The number of hydrogen-bond acceptors (Lipinski definition) is 9. The summed E-state index contributed by atoms with van der Waals surface area (Å²) in [5, 5.41) is 26.4. The molecule has 42 heavy (non-hydrogen) atoms. The third-order valence-corrected chi connectivity index (χ3v) is 10.9. The summed E-state index contributed by atoms with van der Waals surface area (Å²) in [6.45, 7) is 3.08. The molecule has 2 rings (SSSR count). The molecule has 0 amide bonds. The van der Waals surface area contributed by atoms with Crippen molar-refractivity contribution in [2.75, 3.05) is 56.8 Å². The van der Waals surface area contributed by atoms with Crippen LogP contribution in [0, 0.1) is 11.8 Å². The number of unbranched alkanes of at least 4 members (excludes halogenated alkanes) is 8. The van der Waals surface area contributed by atoms with E-state index in [0.717, 1.165) is 32.1 Å². The lowest BCUT2D eigenvalue weighted by Gasteiger charge is -2.09. The summed E-state index contributed by atoms with van der Waals surface area (Å²) in [6, 6.07) is 0. The normalized spacial score (nSPS) is 25.3. The number of carbonyl (C=O) groups is 1. The number of rotatable bonds is 19. The third-order valence-electron chi connectivity index (χ3n) is 6.66. The molecule has 0 aromatic rings. The lowest BCUT2D eigenvalue weighted by atomic mass is 10.1. The number of esters is 1. The molecule has 3 N–H and O–H groups in total. The number of carbonyl (C=O) groups excluding carboxylic acids is 1. The molecule has 2 saturated heterocycles. The van der Waals surface area contributed by atoms with E-state index in [1.165, 1.54) is 38.5 Å². The third kappa shape index (κ3) is 22.3. The molecule has 4 atom stereocenters. The molecular weight excluding hydrogens is 625 g/mol. The van der Waals surface area contributed by atoms with Gasteiger partial charge in [0.2, 0.25) is 14.7 Å². The Morgan fingerprint density at radius 3 is 1.81 bits per heavy atom. The Morgan fingerprint density at radius 2 is 1.31 bits per heavy atom. The van der Waals surface area contributed by atoms with E-state index in [1.54, 1.807) is 0 Å². The first kappa shape index (κ1) is 41.8. The van der Waals surface area contributed by atoms with Crippen LogP contribution < -0.4 is 0 Å². The standard InChI is InChI=1S/C23H41O5P.C5H11O4P.CH2Cl2/c1-2-3-4-5-6-7-8-9-10-11-12-13-14-15-16-17-23(25)27-18-22-19-28-29(26,20-22)21-24;6-1-5-2-9-10(8,3-5)4-7;2-1-3/h6-7,9-10,22,24H,2-5,8,11-21H2,1H3;5-7H,1-4H2;1H2/b7-6-,10-9-;;. The molecule has 2 aliphatic rings. The minimum Gasteiger partial charge on any atom is -0.465 e. The predicted octanol–water partition coefficient (Wildman–Crippen LogP) is 7.49. The topological polar surface area (TPSA) is 140 Å². The molecule has 0 spiro atoms. The molecule has 9 nitrogen and oxygen atoms in total. The summed E-state index contributed by atoms with van der Waals surface area (Å²) in [7, 11) is -5.59. The number of allylic oxidation sites excluding steroid dienone is 4. The van der Waals surface area contributed by atoms with E-state index in [0.29, 0.717) is 32.0 Å². The van der Waals surface area contributed by atoms with Crippen molar-refractivity contribution in [2.45, 2.75) is 84.0 Å². The molecule has 0 aromatic heterocycles. The van der Waals surface area contributed by atoms with Gasteiger partial charge >= 0.3 is 5.97 Å². The monoisotopic (exact) mass is 678 g/mol. The highest BCUT2D eigenvalue weighted by Crippen LogP contribution is 2.53. The first-order chi connectivity index (χ1) is 20.2. The van der Waals surface area contributed by atoms with Gasteiger partial charge in [-0.15, -0.1) is 23.2 Å². The molecule has 2 fully saturated rings. The molecule has 13 heteroatoms. The van der Waals surface area contributed by atoms with Crippen molar-refractivity contribution < 1.29 is 43.0 Å². The van der Waals surface area contributed by atoms with Crippen molar-refractivity contribution in [3.05, 3.63) is 24.3 Å². The summed E-state index contributed by atoms with van der Waals surface area (Å²) in [5.41, 5.74) is 0. The Morgan fingerprint density at radius 1 is 0.810 bits per heavy atom. The minimum atomic E-state index is -2.86. The van der Waals surface area contributed by atoms with Gasteiger partial charge < -0.3 is 29.1 Å². The van der Waals surface area contributed by atoms with Gasteiger partial charge in [-0.3, -0.25) is 13.9 Å². The van der Waals surface area contributed by atoms with Gasteiger partial charge in [0.15, 0.2) is 0 Å². The molecule has 4 unspecified atom stereocenters. The Bertz CT molecular complexity index is 827. The average molecular weight is 680 g/mol. The molecule has 0 bridgehead atoms. The molecule has 0 radical (unpaired) electrons. The number of halogens is 2. The Labute approximate surface area is 263 Å². The van der Waals surface area contributed by atoms with Crippen molar-refractivity contribution in [3.8, 4) is 0 Å². The van der Waals surface area contributed by atoms with Gasteiger partial charge in [-0.25, -0.2) is 0 Å². The van der Waals surface area contributed by atoms with Gasteiger partial charge in [0.05, 0.1) is 25.2 Å². The zero-order valence-corrected chi connectivity index (χ0v) is 28.6. The van der Waals surface area contributed by atoms with Gasteiger partial charge in [-0.2, -0.15) is 0 Å². The van der Waals surface area contributed by atoms with Crippen molar-refractivity contribution >= 4 is 43.9 Å². The van der Waals surface area contributed by atoms with Crippen LogP contribution in [0.2, 0.25) is 0 Å². The van der Waals surface area contributed by atoms with Crippen LogP contribution in [0.5, 0.6) is 0 Å². The molecule has 2 aliphatic heterocycles. The van der Waals surface area contributed by atoms with Crippen LogP contribution >= 0.6 is 37.9 Å². The average Bonchev–Trinajstić information content (AvgIpc) is 3.58. The maximum Gasteiger partial charge on any atom is 0.305 e. The van der Waals surface area contributed by atoms with Gasteiger partial charge in [0, 0.05) is 37.2 Å². The highest BCUT2D eigenvalue weighted by atomic mass is 35.5. The van der Waals surface area contributed by atoms with Crippen LogP contribution in [0.15, 0.2) is 24.3 Å². The van der Waals surface area contributed by atoms with E-state index in [1.807, 2.05) is 0 Å². The second-order valence-electron chi connectivity index (χ2n) is 10.5. The van der Waals surface area contributed by atoms with Crippen LogP contribution in [-0.2, 0) is 27.7 Å². The van der Waals surface area contributed by atoms with Crippen molar-refractivity contribution in [3.63, 3.8) is 0 Å². The van der Waals surface area contributed by atoms with Crippen LogP contribution in [-0.4, -0.2) is 78.1 Å². The highest BCUT2D eigenvalue weighted by Gasteiger charge is 2.35. The lowest BCUT2D eigenvalue weighted by molar-refractivity contribution is -0.145. The molecule has 0 saturated carbocycles. The maximum atomic E-state index is 11.8. The van der Waals surface area contributed by atoms with Crippen LogP contribution in [0.3, 0.4) is 0 Å². The molecule has 248 valence electrons. The molecule has 0 aliphatic carbocycles. The van der Waals surface area contributed by atoms with Gasteiger partial charge in [-0.1, -0.05) is 63.3 Å². The summed E-state index contributed by atoms with van der Waals surface area (Å²) < 4.78 is 38.2. The van der Waals surface area contributed by atoms with E-state index < -0.39 is 27.4 Å². The van der Waals surface area contributed by atoms with E-state index in [2.05, 4.69) is 31.2 Å². The molecular formula is C29H54Cl2O9P2. The predicted molar refractivity (Wildman–Crippen MR) is 172 cm³/mol. The van der Waals surface area contributed by atoms with Gasteiger partial charge in [0.25, 0.3) is 0 Å². The van der Waals surface area contributed by atoms with Crippen LogP contribution in [0.1, 0.15) is 84.0 Å². The van der Waals surface area contributed by atoms with Crippen molar-refractivity contribution in [2.24, 2.45) is 11.8 Å². The number of hydrogen-bond donors (Lipinski definition) is 3. The first-order valence-electron chi connectivity index (χ1n) is 15.1. The zero-order valence-electron chi connectivity index (χ0n) is 25.3. The zero-order chi connectivity index (χ0) is 31.5. The van der Waals surface area contributed by atoms with E-state index >= 15 is 0 Å². The SMILES string of the molecule is CCCCC/C=C\C/C=C\CCCCCCCC(=O)OCC1COP(=O)(CO)C1.ClCCl.O=P1(CO)CC(CO)CO1. The second kappa shape index (κ2) is 27.1. The summed E-state index contributed by atoms with van der Waals surface area (Å²) in [5.74, 6) is -0.291. The van der Waals surface area contributed by atoms with Gasteiger partial charge in [-0.05, 0) is 38.5 Å². The molecule has 2 heterocycles. The Hall–Kier alpha value is -0.210.